The first-order valence-electron chi connectivity index (χ1n) is 7.13. The van der Waals surface area contributed by atoms with E-state index in [1.54, 1.807) is 6.07 Å². The molecule has 2 heterocycles. The van der Waals surface area contributed by atoms with Crippen LogP contribution in [0.25, 0.3) is 0 Å². The van der Waals surface area contributed by atoms with Crippen molar-refractivity contribution < 1.29 is 12.8 Å². The summed E-state index contributed by atoms with van der Waals surface area (Å²) in [7, 11) is -3.53. The summed E-state index contributed by atoms with van der Waals surface area (Å²) in [6, 6.07) is 1.57. The van der Waals surface area contributed by atoms with Crippen LogP contribution in [0.1, 0.15) is 31.9 Å². The van der Waals surface area contributed by atoms with Crippen LogP contribution < -0.4 is 10.0 Å². The highest BCUT2D eigenvalue weighted by Gasteiger charge is 2.24. The molecule has 0 radical (unpaired) electrons. The van der Waals surface area contributed by atoms with Gasteiger partial charge in [0.1, 0.15) is 10.7 Å². The summed E-state index contributed by atoms with van der Waals surface area (Å²) < 4.78 is 33.1. The minimum absolute atomic E-state index is 0.177. The predicted molar refractivity (Wildman–Crippen MR) is 89.1 cm³/mol. The summed E-state index contributed by atoms with van der Waals surface area (Å²) in [6.07, 6.45) is 3.49. The maximum Gasteiger partial charge on any atom is 0.245 e. The van der Waals surface area contributed by atoms with Crippen molar-refractivity contribution >= 4 is 37.7 Å². The molecule has 0 aliphatic carbocycles. The van der Waals surface area contributed by atoms with E-state index in [1.807, 2.05) is 18.7 Å². The monoisotopic (exact) mass is 396 g/mol. The summed E-state index contributed by atoms with van der Waals surface area (Å²) in [6.45, 7) is 3.78. The third-order valence-corrected chi connectivity index (χ3v) is 7.00. The van der Waals surface area contributed by atoms with Crippen LogP contribution in [0.4, 0.5) is 0 Å². The molecule has 2 rings (SSSR count). The van der Waals surface area contributed by atoms with Crippen LogP contribution in [0, 0.1) is 0 Å². The fraction of sp³-hybridized carbons (Fsp3) is 0.692. The van der Waals surface area contributed by atoms with E-state index in [4.69, 9.17) is 4.42 Å². The van der Waals surface area contributed by atoms with Gasteiger partial charge in [0.25, 0.3) is 0 Å². The van der Waals surface area contributed by atoms with Crippen molar-refractivity contribution in [2.24, 2.45) is 0 Å². The van der Waals surface area contributed by atoms with Crippen LogP contribution in [0.15, 0.2) is 20.0 Å². The molecule has 0 bridgehead atoms. The molecule has 0 spiro atoms. The second-order valence-electron chi connectivity index (χ2n) is 4.97. The number of halogens is 1. The summed E-state index contributed by atoms with van der Waals surface area (Å²) in [5.74, 6) is 1.73. The second kappa shape index (κ2) is 8.01. The summed E-state index contributed by atoms with van der Waals surface area (Å²) >= 11 is 5.04. The Labute approximate surface area is 138 Å². The van der Waals surface area contributed by atoms with Crippen LogP contribution in [0.3, 0.4) is 0 Å². The maximum absolute atomic E-state index is 12.4. The van der Waals surface area contributed by atoms with Crippen molar-refractivity contribution in [2.75, 3.05) is 18.8 Å². The van der Waals surface area contributed by atoms with Gasteiger partial charge in [-0.25, -0.2) is 13.1 Å². The van der Waals surface area contributed by atoms with Gasteiger partial charge in [-0.15, -0.1) is 0 Å². The molecule has 0 amide bonds. The largest absolute Gasteiger partial charge is 0.452 e. The molecule has 1 saturated heterocycles. The Hall–Kier alpha value is -0.0200. The minimum atomic E-state index is -3.53. The van der Waals surface area contributed by atoms with Crippen molar-refractivity contribution in [1.82, 2.24) is 10.0 Å². The third-order valence-electron chi connectivity index (χ3n) is 3.32. The van der Waals surface area contributed by atoms with Crippen LogP contribution in [-0.2, 0) is 16.6 Å². The standard InChI is InChI=1S/C13H21BrN2O3S2/c1-2-15-8-10-7-12(13(14)19-10)21(17,18)16-9-11-5-3-4-6-20-11/h7,11,15-16H,2-6,8-9H2,1H3. The van der Waals surface area contributed by atoms with E-state index < -0.39 is 10.0 Å². The molecule has 2 N–H and O–H groups in total. The Morgan fingerprint density at radius 2 is 2.29 bits per heavy atom. The van der Waals surface area contributed by atoms with Crippen LogP contribution in [0.5, 0.6) is 0 Å². The quantitative estimate of drug-likeness (QED) is 0.740. The van der Waals surface area contributed by atoms with E-state index in [9.17, 15) is 8.42 Å². The van der Waals surface area contributed by atoms with Gasteiger partial charge >= 0.3 is 0 Å². The van der Waals surface area contributed by atoms with Gasteiger partial charge < -0.3 is 9.73 Å². The Balaban J connectivity index is 1.99. The van der Waals surface area contributed by atoms with E-state index in [2.05, 4.69) is 26.0 Å². The molecule has 120 valence electrons. The van der Waals surface area contributed by atoms with E-state index in [0.29, 0.717) is 24.1 Å². The predicted octanol–water partition coefficient (Wildman–Crippen LogP) is 2.72. The number of furan rings is 1. The highest BCUT2D eigenvalue weighted by Crippen LogP contribution is 2.28. The highest BCUT2D eigenvalue weighted by molar-refractivity contribution is 9.10. The fourth-order valence-corrected chi connectivity index (χ4v) is 5.59. The topological polar surface area (TPSA) is 71.3 Å². The third kappa shape index (κ3) is 4.99. The van der Waals surface area contributed by atoms with Crippen LogP contribution in [-0.4, -0.2) is 32.5 Å². The zero-order valence-electron chi connectivity index (χ0n) is 12.0. The van der Waals surface area contributed by atoms with Gasteiger partial charge in [0.2, 0.25) is 10.0 Å². The second-order valence-corrected chi connectivity index (χ2v) is 8.84. The molecule has 0 aromatic carbocycles. The van der Waals surface area contributed by atoms with Gasteiger partial charge in [-0.1, -0.05) is 13.3 Å². The number of hydrogen-bond donors (Lipinski definition) is 2. The van der Waals surface area contributed by atoms with E-state index in [0.717, 1.165) is 18.7 Å². The number of rotatable bonds is 7. The molecule has 1 aliphatic rings. The molecule has 1 aromatic rings. The summed E-state index contributed by atoms with van der Waals surface area (Å²) in [5, 5.41) is 3.48. The summed E-state index contributed by atoms with van der Waals surface area (Å²) in [5.41, 5.74) is 0. The molecule has 0 saturated carbocycles. The SMILES string of the molecule is CCNCc1cc(S(=O)(=O)NCC2CCCCS2)c(Br)o1. The number of sulfonamides is 1. The van der Waals surface area contributed by atoms with Crippen molar-refractivity contribution in [1.29, 1.82) is 0 Å². The molecular weight excluding hydrogens is 376 g/mol. The van der Waals surface area contributed by atoms with Crippen molar-refractivity contribution in [3.8, 4) is 0 Å². The number of hydrogen-bond acceptors (Lipinski definition) is 5. The normalized spacial score (nSPS) is 19.8. The lowest BCUT2D eigenvalue weighted by Crippen LogP contribution is -2.32. The Morgan fingerprint density at radius 3 is 2.95 bits per heavy atom. The van der Waals surface area contributed by atoms with Crippen molar-refractivity contribution in [3.05, 3.63) is 16.5 Å². The molecule has 1 aliphatic heterocycles. The molecule has 1 fully saturated rings. The van der Waals surface area contributed by atoms with E-state index >= 15 is 0 Å². The average molecular weight is 397 g/mol. The molecule has 5 nitrogen and oxygen atoms in total. The van der Waals surface area contributed by atoms with Gasteiger partial charge in [-0.05, 0) is 41.1 Å². The molecule has 21 heavy (non-hydrogen) atoms. The molecular formula is C13H21BrN2O3S2. The first-order valence-corrected chi connectivity index (χ1v) is 10.5. The molecule has 1 atom stereocenters. The maximum atomic E-state index is 12.4. The Morgan fingerprint density at radius 1 is 1.48 bits per heavy atom. The first kappa shape index (κ1) is 17.3. The van der Waals surface area contributed by atoms with Crippen molar-refractivity contribution in [2.45, 2.75) is 42.9 Å². The van der Waals surface area contributed by atoms with Gasteiger partial charge in [-0.3, -0.25) is 0 Å². The van der Waals surface area contributed by atoms with Gasteiger partial charge in [0.15, 0.2) is 4.67 Å². The van der Waals surface area contributed by atoms with Crippen LogP contribution >= 0.6 is 27.7 Å². The van der Waals surface area contributed by atoms with Gasteiger partial charge in [0.05, 0.1) is 6.54 Å². The first-order chi connectivity index (χ1) is 10.0. The lowest BCUT2D eigenvalue weighted by atomic mass is 10.2. The van der Waals surface area contributed by atoms with Crippen molar-refractivity contribution in [3.63, 3.8) is 0 Å². The zero-order chi connectivity index (χ0) is 15.3. The highest BCUT2D eigenvalue weighted by atomic mass is 79.9. The van der Waals surface area contributed by atoms with Crippen LogP contribution in [0.2, 0.25) is 0 Å². The lowest BCUT2D eigenvalue weighted by molar-refractivity contribution is 0.464. The fourth-order valence-electron chi connectivity index (χ4n) is 2.17. The number of nitrogens with one attached hydrogen (secondary N) is 2. The zero-order valence-corrected chi connectivity index (χ0v) is 15.2. The van der Waals surface area contributed by atoms with Gasteiger partial charge in [-0.2, -0.15) is 11.8 Å². The minimum Gasteiger partial charge on any atom is -0.452 e. The Bertz CT molecular complexity index is 554. The average Bonchev–Trinajstić information content (AvgIpc) is 2.86. The molecule has 1 unspecified atom stereocenters. The molecule has 8 heteroatoms. The smallest absolute Gasteiger partial charge is 0.245 e. The summed E-state index contributed by atoms with van der Waals surface area (Å²) in [4.78, 5) is 0.177. The lowest BCUT2D eigenvalue weighted by Gasteiger charge is -2.21. The van der Waals surface area contributed by atoms with E-state index in [1.165, 1.54) is 12.8 Å². The Kier molecular flexibility index (Phi) is 6.61. The van der Waals surface area contributed by atoms with Gasteiger partial charge in [0, 0.05) is 17.9 Å². The number of thioether (sulfide) groups is 1. The molecule has 1 aromatic heterocycles. The van der Waals surface area contributed by atoms with E-state index in [-0.39, 0.29) is 9.56 Å².